The van der Waals surface area contributed by atoms with E-state index in [0.717, 1.165) is 0 Å². The number of carbonyl (C=O) groups excluding carboxylic acids is 2. The number of fused-ring (bicyclic) bond motifs is 1. The molecule has 2 aromatic carbocycles. The zero-order chi connectivity index (χ0) is 16.4. The summed E-state index contributed by atoms with van der Waals surface area (Å²) in [6.45, 7) is 3.27. The summed E-state index contributed by atoms with van der Waals surface area (Å²) in [7, 11) is 0. The van der Waals surface area contributed by atoms with Crippen LogP contribution in [-0.4, -0.2) is 23.9 Å². The summed E-state index contributed by atoms with van der Waals surface area (Å²) < 4.78 is 11.5. The van der Waals surface area contributed by atoms with Crippen LogP contribution in [0, 0.1) is 0 Å². The van der Waals surface area contributed by atoms with E-state index in [-0.39, 0.29) is 11.7 Å². The average molecular weight is 311 g/mol. The number of Topliss-reactive ketones (excluding diaryl/α,β-unsaturated/α-hetero) is 1. The van der Waals surface area contributed by atoms with Gasteiger partial charge in [0.05, 0.1) is 0 Å². The van der Waals surface area contributed by atoms with Crippen molar-refractivity contribution in [2.24, 2.45) is 0 Å². The SMILES string of the molecule is CC(=O)c1cccc(NC(=O)[C@H]2Oc3ccccc3O[C@H]2C)c1. The number of benzene rings is 2. The average Bonchev–Trinajstić information content (AvgIpc) is 2.54. The first-order valence-electron chi connectivity index (χ1n) is 7.39. The number of amides is 1. The van der Waals surface area contributed by atoms with Gasteiger partial charge in [-0.3, -0.25) is 9.59 Å². The zero-order valence-electron chi connectivity index (χ0n) is 12.9. The first kappa shape index (κ1) is 15.1. The first-order valence-corrected chi connectivity index (χ1v) is 7.39. The number of ether oxygens (including phenoxy) is 2. The van der Waals surface area contributed by atoms with Crippen molar-refractivity contribution in [3.05, 3.63) is 54.1 Å². The Kier molecular flexibility index (Phi) is 4.02. The van der Waals surface area contributed by atoms with Crippen LogP contribution in [-0.2, 0) is 4.79 Å². The third-order valence-corrected chi connectivity index (χ3v) is 3.64. The summed E-state index contributed by atoms with van der Waals surface area (Å²) in [5, 5.41) is 2.77. The van der Waals surface area contributed by atoms with Gasteiger partial charge in [0.15, 0.2) is 17.3 Å². The van der Waals surface area contributed by atoms with Crippen LogP contribution in [0.4, 0.5) is 5.69 Å². The van der Waals surface area contributed by atoms with E-state index in [2.05, 4.69) is 5.32 Å². The molecule has 5 heteroatoms. The Morgan fingerprint density at radius 3 is 2.39 bits per heavy atom. The van der Waals surface area contributed by atoms with E-state index in [9.17, 15) is 9.59 Å². The number of hydrogen-bond donors (Lipinski definition) is 1. The second kappa shape index (κ2) is 6.12. The van der Waals surface area contributed by atoms with Gasteiger partial charge < -0.3 is 14.8 Å². The molecule has 2 atom stereocenters. The lowest BCUT2D eigenvalue weighted by Gasteiger charge is -2.31. The molecule has 0 aliphatic carbocycles. The van der Waals surface area contributed by atoms with Crippen molar-refractivity contribution in [1.82, 2.24) is 0 Å². The van der Waals surface area contributed by atoms with Gasteiger partial charge in [-0.15, -0.1) is 0 Å². The van der Waals surface area contributed by atoms with Gasteiger partial charge in [0.2, 0.25) is 6.10 Å². The summed E-state index contributed by atoms with van der Waals surface area (Å²) in [4.78, 5) is 23.9. The molecule has 1 aliphatic rings. The number of anilines is 1. The molecule has 3 rings (SSSR count). The molecule has 0 bridgehead atoms. The second-order valence-corrected chi connectivity index (χ2v) is 5.43. The molecule has 23 heavy (non-hydrogen) atoms. The van der Waals surface area contributed by atoms with Gasteiger partial charge in [-0.05, 0) is 38.1 Å². The fraction of sp³-hybridized carbons (Fsp3) is 0.222. The van der Waals surface area contributed by atoms with Crippen LogP contribution in [0.15, 0.2) is 48.5 Å². The van der Waals surface area contributed by atoms with Gasteiger partial charge in [-0.2, -0.15) is 0 Å². The highest BCUT2D eigenvalue weighted by molar-refractivity contribution is 5.98. The summed E-state index contributed by atoms with van der Waals surface area (Å²) in [6.07, 6.45) is -1.17. The third kappa shape index (κ3) is 3.18. The number of hydrogen-bond acceptors (Lipinski definition) is 4. The molecule has 0 saturated carbocycles. The highest BCUT2D eigenvalue weighted by atomic mass is 16.6. The highest BCUT2D eigenvalue weighted by Gasteiger charge is 2.34. The number of rotatable bonds is 3. The highest BCUT2D eigenvalue weighted by Crippen LogP contribution is 2.33. The maximum Gasteiger partial charge on any atom is 0.269 e. The van der Waals surface area contributed by atoms with Crippen molar-refractivity contribution in [1.29, 1.82) is 0 Å². The quantitative estimate of drug-likeness (QED) is 0.885. The molecule has 1 amide bonds. The normalized spacial score (nSPS) is 19.0. The lowest BCUT2D eigenvalue weighted by Crippen LogP contribution is -2.46. The van der Waals surface area contributed by atoms with Crippen LogP contribution in [0.2, 0.25) is 0 Å². The molecule has 118 valence electrons. The van der Waals surface area contributed by atoms with Crippen molar-refractivity contribution in [2.75, 3.05) is 5.32 Å². The molecule has 0 aromatic heterocycles. The van der Waals surface area contributed by atoms with Crippen molar-refractivity contribution in [3.8, 4) is 11.5 Å². The molecule has 0 saturated heterocycles. The van der Waals surface area contributed by atoms with Crippen molar-refractivity contribution < 1.29 is 19.1 Å². The van der Waals surface area contributed by atoms with E-state index >= 15 is 0 Å². The maximum absolute atomic E-state index is 12.5. The molecule has 0 spiro atoms. The molecule has 1 aliphatic heterocycles. The number of ketones is 1. The van der Waals surface area contributed by atoms with Gasteiger partial charge in [-0.25, -0.2) is 0 Å². The Bertz CT molecular complexity index is 756. The predicted octanol–water partition coefficient (Wildman–Crippen LogP) is 3.06. The number of carbonyl (C=O) groups is 2. The van der Waals surface area contributed by atoms with Crippen LogP contribution in [0.3, 0.4) is 0 Å². The molecule has 0 radical (unpaired) electrons. The molecule has 0 fully saturated rings. The van der Waals surface area contributed by atoms with Crippen LogP contribution >= 0.6 is 0 Å². The van der Waals surface area contributed by atoms with E-state index in [1.54, 1.807) is 43.3 Å². The topological polar surface area (TPSA) is 64.6 Å². The maximum atomic E-state index is 12.5. The van der Waals surface area contributed by atoms with Crippen molar-refractivity contribution >= 4 is 17.4 Å². The van der Waals surface area contributed by atoms with E-state index in [1.165, 1.54) is 6.92 Å². The van der Waals surface area contributed by atoms with Gasteiger partial charge in [0.1, 0.15) is 6.10 Å². The lowest BCUT2D eigenvalue weighted by molar-refractivity contribution is -0.128. The minimum atomic E-state index is -0.758. The van der Waals surface area contributed by atoms with E-state index in [4.69, 9.17) is 9.47 Å². The third-order valence-electron chi connectivity index (χ3n) is 3.64. The Balaban J connectivity index is 1.76. The van der Waals surface area contributed by atoms with Crippen LogP contribution in [0.5, 0.6) is 11.5 Å². The summed E-state index contributed by atoms with van der Waals surface area (Å²) in [5.41, 5.74) is 1.10. The fourth-order valence-electron chi connectivity index (χ4n) is 2.44. The smallest absolute Gasteiger partial charge is 0.269 e. The van der Waals surface area contributed by atoms with E-state index in [1.807, 2.05) is 12.1 Å². The summed E-state index contributed by atoms with van der Waals surface area (Å²) in [5.74, 6) is 0.805. The second-order valence-electron chi connectivity index (χ2n) is 5.43. The Hall–Kier alpha value is -2.82. The Morgan fingerprint density at radius 2 is 1.70 bits per heavy atom. The number of para-hydroxylation sites is 2. The van der Waals surface area contributed by atoms with Crippen molar-refractivity contribution in [2.45, 2.75) is 26.1 Å². The summed E-state index contributed by atoms with van der Waals surface area (Å²) >= 11 is 0. The van der Waals surface area contributed by atoms with Crippen LogP contribution < -0.4 is 14.8 Å². The fourth-order valence-corrected chi connectivity index (χ4v) is 2.44. The van der Waals surface area contributed by atoms with Gasteiger partial charge in [0, 0.05) is 11.3 Å². The lowest BCUT2D eigenvalue weighted by atomic mass is 10.1. The molecular formula is C18H17NO4. The molecular weight excluding hydrogens is 294 g/mol. The number of nitrogens with one attached hydrogen (secondary N) is 1. The van der Waals surface area contributed by atoms with Crippen LogP contribution in [0.25, 0.3) is 0 Å². The van der Waals surface area contributed by atoms with Crippen molar-refractivity contribution in [3.63, 3.8) is 0 Å². The van der Waals surface area contributed by atoms with Gasteiger partial charge >= 0.3 is 0 Å². The largest absolute Gasteiger partial charge is 0.482 e. The molecule has 5 nitrogen and oxygen atoms in total. The Labute approximate surface area is 134 Å². The zero-order valence-corrected chi connectivity index (χ0v) is 12.9. The molecule has 2 aromatic rings. The summed E-state index contributed by atoms with van der Waals surface area (Å²) in [6, 6.07) is 14.0. The van der Waals surface area contributed by atoms with Gasteiger partial charge in [0.25, 0.3) is 5.91 Å². The Morgan fingerprint density at radius 1 is 1.00 bits per heavy atom. The minimum absolute atomic E-state index is 0.0550. The molecule has 1 heterocycles. The van der Waals surface area contributed by atoms with E-state index < -0.39 is 12.2 Å². The molecule has 1 N–H and O–H groups in total. The predicted molar refractivity (Wildman–Crippen MR) is 86.0 cm³/mol. The first-order chi connectivity index (χ1) is 11.0. The van der Waals surface area contributed by atoms with Gasteiger partial charge in [-0.1, -0.05) is 24.3 Å². The molecule has 0 unspecified atom stereocenters. The standard InChI is InChI=1S/C18H17NO4/c1-11(20)13-6-5-7-14(10-13)19-18(21)17-12(2)22-15-8-3-4-9-16(15)23-17/h3-10,12,17H,1-2H3,(H,19,21)/t12-,17-/m0/s1. The monoisotopic (exact) mass is 311 g/mol. The minimum Gasteiger partial charge on any atom is -0.482 e. The van der Waals surface area contributed by atoms with E-state index in [0.29, 0.717) is 22.7 Å². The van der Waals surface area contributed by atoms with Crippen LogP contribution in [0.1, 0.15) is 24.2 Å².